The van der Waals surface area contributed by atoms with E-state index in [2.05, 4.69) is 17.0 Å². The van der Waals surface area contributed by atoms with Gasteiger partial charge in [0, 0.05) is 19.6 Å². The van der Waals surface area contributed by atoms with E-state index in [0.29, 0.717) is 18.2 Å². The third-order valence-corrected chi connectivity index (χ3v) is 5.23. The maximum atomic E-state index is 12.7. The maximum Gasteiger partial charge on any atom is 0.244 e. The third kappa shape index (κ3) is 2.87. The Bertz CT molecular complexity index is 574. The van der Waals surface area contributed by atoms with Crippen molar-refractivity contribution < 1.29 is 9.53 Å². The molecule has 0 bridgehead atoms. The number of nitrogens with zero attached hydrogens (tertiary/aromatic N) is 4. The zero-order chi connectivity index (χ0) is 15.9. The molecule has 0 aliphatic carbocycles. The minimum absolute atomic E-state index is 0.0934. The molecule has 6 nitrogen and oxygen atoms in total. The second-order valence-electron chi connectivity index (χ2n) is 6.26. The Kier molecular flexibility index (Phi) is 4.43. The summed E-state index contributed by atoms with van der Waals surface area (Å²) < 4.78 is 7.55. The first-order chi connectivity index (χ1) is 10.5. The standard InChI is InChI=1S/C15H23ClN4O2/c1-10-15(16)11(2)20(17-10)9-14(21)19-6-7-22-13-4-5-18(3)8-12(13)19/h12-13H,4-9H2,1-3H3/t12-,13-/m0/s1. The van der Waals surface area contributed by atoms with Gasteiger partial charge in [-0.15, -0.1) is 0 Å². The average molecular weight is 327 g/mol. The Morgan fingerprint density at radius 2 is 2.18 bits per heavy atom. The van der Waals surface area contributed by atoms with Gasteiger partial charge in [0.15, 0.2) is 0 Å². The number of likely N-dealkylation sites (tertiary alicyclic amines) is 1. The number of piperidine rings is 1. The molecule has 0 N–H and O–H groups in total. The number of fused-ring (bicyclic) bond motifs is 1. The number of hydrogen-bond acceptors (Lipinski definition) is 4. The van der Waals surface area contributed by atoms with E-state index in [0.717, 1.165) is 30.9 Å². The normalized spacial score (nSPS) is 26.1. The Morgan fingerprint density at radius 3 is 2.86 bits per heavy atom. The predicted octanol–water partition coefficient (Wildman–Crippen LogP) is 1.08. The average Bonchev–Trinajstić information content (AvgIpc) is 2.73. The van der Waals surface area contributed by atoms with Crippen molar-refractivity contribution in [1.82, 2.24) is 19.6 Å². The highest BCUT2D eigenvalue weighted by Crippen LogP contribution is 2.24. The number of aromatic nitrogens is 2. The number of amides is 1. The summed E-state index contributed by atoms with van der Waals surface area (Å²) in [5, 5.41) is 5.00. The lowest BCUT2D eigenvalue weighted by molar-refractivity contribution is -0.152. The number of aryl methyl sites for hydroxylation is 1. The zero-order valence-electron chi connectivity index (χ0n) is 13.4. The molecular formula is C15H23ClN4O2. The zero-order valence-corrected chi connectivity index (χ0v) is 14.1. The molecule has 7 heteroatoms. The van der Waals surface area contributed by atoms with Crippen LogP contribution in [-0.2, 0) is 16.1 Å². The van der Waals surface area contributed by atoms with Gasteiger partial charge < -0.3 is 14.5 Å². The van der Waals surface area contributed by atoms with E-state index in [9.17, 15) is 4.79 Å². The van der Waals surface area contributed by atoms with Crippen molar-refractivity contribution in [3.8, 4) is 0 Å². The van der Waals surface area contributed by atoms with Crippen molar-refractivity contribution in [3.05, 3.63) is 16.4 Å². The molecule has 0 radical (unpaired) electrons. The van der Waals surface area contributed by atoms with Crippen LogP contribution in [0.2, 0.25) is 5.02 Å². The molecule has 0 unspecified atom stereocenters. The number of likely N-dealkylation sites (N-methyl/N-ethyl adjacent to an activating group) is 1. The molecule has 1 aromatic rings. The first-order valence-corrected chi connectivity index (χ1v) is 8.14. The fourth-order valence-electron chi connectivity index (χ4n) is 3.39. The van der Waals surface area contributed by atoms with Crippen LogP contribution in [0.25, 0.3) is 0 Å². The van der Waals surface area contributed by atoms with Crippen LogP contribution < -0.4 is 0 Å². The molecule has 0 saturated carbocycles. The van der Waals surface area contributed by atoms with Crippen LogP contribution in [-0.4, -0.2) is 70.9 Å². The number of ether oxygens (including phenoxy) is 1. The summed E-state index contributed by atoms with van der Waals surface area (Å²) in [4.78, 5) is 17.0. The van der Waals surface area contributed by atoms with Crippen molar-refractivity contribution in [1.29, 1.82) is 0 Å². The van der Waals surface area contributed by atoms with E-state index in [-0.39, 0.29) is 24.6 Å². The van der Waals surface area contributed by atoms with Gasteiger partial charge in [-0.3, -0.25) is 9.48 Å². The quantitative estimate of drug-likeness (QED) is 0.816. The minimum atomic E-state index is 0.0934. The van der Waals surface area contributed by atoms with Crippen LogP contribution in [0.3, 0.4) is 0 Å². The fraction of sp³-hybridized carbons (Fsp3) is 0.733. The highest BCUT2D eigenvalue weighted by Gasteiger charge is 2.38. The SMILES string of the molecule is Cc1nn(CC(=O)N2CCO[C@H]3CCN(C)C[C@@H]32)c(C)c1Cl. The summed E-state index contributed by atoms with van der Waals surface area (Å²) in [7, 11) is 2.09. The van der Waals surface area contributed by atoms with Crippen LogP contribution in [0.15, 0.2) is 0 Å². The monoisotopic (exact) mass is 326 g/mol. The highest BCUT2D eigenvalue weighted by molar-refractivity contribution is 6.31. The first-order valence-electron chi connectivity index (χ1n) is 7.76. The smallest absolute Gasteiger partial charge is 0.244 e. The summed E-state index contributed by atoms with van der Waals surface area (Å²) in [5.74, 6) is 0.0934. The highest BCUT2D eigenvalue weighted by atomic mass is 35.5. The molecule has 1 amide bonds. The molecule has 22 heavy (non-hydrogen) atoms. The van der Waals surface area contributed by atoms with Gasteiger partial charge in [0.1, 0.15) is 6.54 Å². The molecule has 0 aromatic carbocycles. The Labute approximate surface area is 136 Å². The van der Waals surface area contributed by atoms with E-state index in [4.69, 9.17) is 16.3 Å². The van der Waals surface area contributed by atoms with Gasteiger partial charge in [0.05, 0.1) is 35.2 Å². The second kappa shape index (κ2) is 6.18. The van der Waals surface area contributed by atoms with Crippen LogP contribution in [0, 0.1) is 13.8 Å². The number of morpholine rings is 1. The van der Waals surface area contributed by atoms with E-state index >= 15 is 0 Å². The van der Waals surface area contributed by atoms with Gasteiger partial charge >= 0.3 is 0 Å². The summed E-state index contributed by atoms with van der Waals surface area (Å²) >= 11 is 6.16. The molecule has 122 valence electrons. The Morgan fingerprint density at radius 1 is 1.41 bits per heavy atom. The molecule has 2 saturated heterocycles. The Hall–Kier alpha value is -1.11. The van der Waals surface area contributed by atoms with Crippen molar-refractivity contribution in [2.24, 2.45) is 0 Å². The van der Waals surface area contributed by atoms with Crippen molar-refractivity contribution in [3.63, 3.8) is 0 Å². The number of carbonyl (C=O) groups excluding carboxylic acids is 1. The first kappa shape index (κ1) is 15.8. The van der Waals surface area contributed by atoms with Crippen LogP contribution in [0.5, 0.6) is 0 Å². The van der Waals surface area contributed by atoms with Gasteiger partial charge in [-0.1, -0.05) is 11.6 Å². The molecule has 1 aromatic heterocycles. The molecule has 2 fully saturated rings. The van der Waals surface area contributed by atoms with Crippen molar-refractivity contribution >= 4 is 17.5 Å². The van der Waals surface area contributed by atoms with Gasteiger partial charge in [0.25, 0.3) is 0 Å². The molecule has 2 aliphatic heterocycles. The number of halogens is 1. The minimum Gasteiger partial charge on any atom is -0.374 e. The lowest BCUT2D eigenvalue weighted by Crippen LogP contribution is -2.61. The lowest BCUT2D eigenvalue weighted by atomic mass is 9.99. The fourth-order valence-corrected chi connectivity index (χ4v) is 3.52. The van der Waals surface area contributed by atoms with Gasteiger partial charge in [-0.25, -0.2) is 0 Å². The summed E-state index contributed by atoms with van der Waals surface area (Å²) in [5.41, 5.74) is 1.61. The van der Waals surface area contributed by atoms with Crippen LogP contribution in [0.1, 0.15) is 17.8 Å². The molecule has 2 atom stereocenters. The molecule has 0 spiro atoms. The Balaban J connectivity index is 1.74. The summed E-state index contributed by atoms with van der Waals surface area (Å²) in [6, 6.07) is 0.146. The lowest BCUT2D eigenvalue weighted by Gasteiger charge is -2.46. The largest absolute Gasteiger partial charge is 0.374 e. The summed E-state index contributed by atoms with van der Waals surface area (Å²) in [6.07, 6.45) is 1.15. The van der Waals surface area contributed by atoms with Crippen molar-refractivity contribution in [2.45, 2.75) is 39.0 Å². The second-order valence-corrected chi connectivity index (χ2v) is 6.64. The molecule has 3 rings (SSSR count). The van der Waals surface area contributed by atoms with Crippen LogP contribution >= 0.6 is 11.6 Å². The molecule has 3 heterocycles. The van der Waals surface area contributed by atoms with Gasteiger partial charge in [-0.05, 0) is 27.3 Å². The van der Waals surface area contributed by atoms with Gasteiger partial charge in [0.2, 0.25) is 5.91 Å². The predicted molar refractivity (Wildman–Crippen MR) is 84.1 cm³/mol. The third-order valence-electron chi connectivity index (χ3n) is 4.69. The van der Waals surface area contributed by atoms with Gasteiger partial charge in [-0.2, -0.15) is 5.10 Å². The molecular weight excluding hydrogens is 304 g/mol. The van der Waals surface area contributed by atoms with E-state index < -0.39 is 0 Å². The van der Waals surface area contributed by atoms with Crippen molar-refractivity contribution in [2.75, 3.05) is 33.3 Å². The topological polar surface area (TPSA) is 50.6 Å². The number of carbonyl (C=O) groups is 1. The van der Waals surface area contributed by atoms with E-state index in [1.54, 1.807) is 4.68 Å². The van der Waals surface area contributed by atoms with E-state index in [1.165, 1.54) is 0 Å². The van der Waals surface area contributed by atoms with E-state index in [1.807, 2.05) is 18.7 Å². The van der Waals surface area contributed by atoms with Crippen LogP contribution in [0.4, 0.5) is 0 Å². The molecule has 2 aliphatic rings. The number of hydrogen-bond donors (Lipinski definition) is 0. The number of rotatable bonds is 2. The summed E-state index contributed by atoms with van der Waals surface area (Å²) in [6.45, 7) is 7.16. The maximum absolute atomic E-state index is 12.7.